The van der Waals surface area contributed by atoms with E-state index in [1.54, 1.807) is 31.2 Å². The van der Waals surface area contributed by atoms with Gasteiger partial charge in [-0.2, -0.15) is 0 Å². The molecule has 1 aromatic rings. The van der Waals surface area contributed by atoms with Crippen molar-refractivity contribution in [3.05, 3.63) is 28.8 Å². The average Bonchev–Trinajstić information content (AvgIpc) is 2.47. The first-order valence-electron chi connectivity index (χ1n) is 7.42. The highest BCUT2D eigenvalue weighted by Crippen LogP contribution is 2.19. The lowest BCUT2D eigenvalue weighted by molar-refractivity contribution is -0.123. The number of carbonyl (C=O) groups excluding carboxylic acids is 2. The lowest BCUT2D eigenvalue weighted by Gasteiger charge is -2.16. The van der Waals surface area contributed by atoms with E-state index in [1.807, 2.05) is 13.0 Å². The predicted molar refractivity (Wildman–Crippen MR) is 91.8 cm³/mol. The molecule has 0 spiro atoms. The molecule has 0 unspecified atom stereocenters. The number of hydrogen-bond donors (Lipinski definition) is 2. The number of hydrogen-bond acceptors (Lipinski definition) is 4. The SMILES string of the molecule is COCCCNC(=O)CN(C)CC(=O)Nc1ccc(C)c(Cl)c1. The molecule has 2 N–H and O–H groups in total. The van der Waals surface area contributed by atoms with Crippen LogP contribution in [-0.2, 0) is 14.3 Å². The standard InChI is InChI=1S/C16H24ClN3O3/c1-12-5-6-13(9-14(12)17)19-16(22)11-20(2)10-15(21)18-7-4-8-23-3/h5-6,9H,4,7-8,10-11H2,1-3H3,(H,18,21)(H,19,22). The summed E-state index contributed by atoms with van der Waals surface area (Å²) in [7, 11) is 3.34. The first kappa shape index (κ1) is 19.4. The summed E-state index contributed by atoms with van der Waals surface area (Å²) in [5.74, 6) is -0.311. The number of anilines is 1. The van der Waals surface area contributed by atoms with Crippen molar-refractivity contribution in [2.45, 2.75) is 13.3 Å². The minimum absolute atomic E-state index is 0.116. The van der Waals surface area contributed by atoms with E-state index in [4.69, 9.17) is 16.3 Å². The van der Waals surface area contributed by atoms with Crippen molar-refractivity contribution in [2.75, 3.05) is 45.7 Å². The molecule has 2 amide bonds. The molecule has 6 nitrogen and oxygen atoms in total. The van der Waals surface area contributed by atoms with Crippen molar-refractivity contribution in [3.8, 4) is 0 Å². The van der Waals surface area contributed by atoms with E-state index in [9.17, 15) is 9.59 Å². The second kappa shape index (κ2) is 10.2. The number of aryl methyl sites for hydroxylation is 1. The van der Waals surface area contributed by atoms with E-state index in [0.717, 1.165) is 12.0 Å². The summed E-state index contributed by atoms with van der Waals surface area (Å²) in [5.41, 5.74) is 1.59. The number of rotatable bonds is 9. The molecule has 0 radical (unpaired) electrons. The largest absolute Gasteiger partial charge is 0.385 e. The third kappa shape index (κ3) is 7.97. The molecule has 0 bridgehead atoms. The molecule has 0 aliphatic heterocycles. The second-order valence-electron chi connectivity index (χ2n) is 5.38. The molecule has 0 saturated carbocycles. The first-order valence-corrected chi connectivity index (χ1v) is 7.80. The minimum atomic E-state index is -0.195. The molecule has 7 heteroatoms. The molecule has 0 aromatic heterocycles. The Morgan fingerprint density at radius 3 is 2.61 bits per heavy atom. The number of carbonyl (C=O) groups is 2. The lowest BCUT2D eigenvalue weighted by Crippen LogP contribution is -2.39. The maximum Gasteiger partial charge on any atom is 0.238 e. The predicted octanol–water partition coefficient (Wildman–Crippen LogP) is 1.67. The van der Waals surface area contributed by atoms with Crippen molar-refractivity contribution in [1.29, 1.82) is 0 Å². The number of amides is 2. The zero-order valence-corrected chi connectivity index (χ0v) is 14.6. The average molecular weight is 342 g/mol. The van der Waals surface area contributed by atoms with E-state index in [1.165, 1.54) is 0 Å². The van der Waals surface area contributed by atoms with Gasteiger partial charge in [-0.1, -0.05) is 17.7 Å². The Bertz CT molecular complexity index is 537. The van der Waals surface area contributed by atoms with Crippen LogP contribution in [0.5, 0.6) is 0 Å². The normalized spacial score (nSPS) is 10.7. The van der Waals surface area contributed by atoms with E-state index >= 15 is 0 Å². The fourth-order valence-electron chi connectivity index (χ4n) is 1.92. The third-order valence-electron chi connectivity index (χ3n) is 3.13. The van der Waals surface area contributed by atoms with Crippen molar-refractivity contribution < 1.29 is 14.3 Å². The van der Waals surface area contributed by atoms with Gasteiger partial charge in [-0.05, 0) is 38.1 Å². The Hall–Kier alpha value is -1.63. The maximum atomic E-state index is 12.0. The highest BCUT2D eigenvalue weighted by molar-refractivity contribution is 6.31. The Morgan fingerprint density at radius 1 is 1.26 bits per heavy atom. The van der Waals surface area contributed by atoms with Gasteiger partial charge in [-0.15, -0.1) is 0 Å². The molecular formula is C16H24ClN3O3. The molecular weight excluding hydrogens is 318 g/mol. The molecule has 23 heavy (non-hydrogen) atoms. The van der Waals surface area contributed by atoms with E-state index < -0.39 is 0 Å². The van der Waals surface area contributed by atoms with Crippen molar-refractivity contribution in [2.24, 2.45) is 0 Å². The minimum Gasteiger partial charge on any atom is -0.385 e. The molecule has 1 aromatic carbocycles. The topological polar surface area (TPSA) is 70.7 Å². The number of nitrogens with one attached hydrogen (secondary N) is 2. The number of likely N-dealkylation sites (N-methyl/N-ethyl adjacent to an activating group) is 1. The van der Waals surface area contributed by atoms with Crippen molar-refractivity contribution >= 4 is 29.1 Å². The number of benzene rings is 1. The Morgan fingerprint density at radius 2 is 1.96 bits per heavy atom. The Labute approximate surface area is 142 Å². The van der Waals surface area contributed by atoms with Crippen molar-refractivity contribution in [1.82, 2.24) is 10.2 Å². The molecule has 1 rings (SSSR count). The number of nitrogens with zero attached hydrogens (tertiary/aromatic N) is 1. The molecule has 0 fully saturated rings. The molecule has 0 aliphatic carbocycles. The highest BCUT2D eigenvalue weighted by Gasteiger charge is 2.11. The van der Waals surface area contributed by atoms with Gasteiger partial charge >= 0.3 is 0 Å². The first-order chi connectivity index (χ1) is 10.9. The molecule has 128 valence electrons. The summed E-state index contributed by atoms with van der Waals surface area (Å²) < 4.78 is 4.91. The van der Waals surface area contributed by atoms with Gasteiger partial charge in [0.1, 0.15) is 0 Å². The molecule has 0 atom stereocenters. The zero-order valence-electron chi connectivity index (χ0n) is 13.8. The van der Waals surface area contributed by atoms with E-state index in [-0.39, 0.29) is 24.9 Å². The van der Waals surface area contributed by atoms with Crippen LogP contribution in [0.1, 0.15) is 12.0 Å². The van der Waals surface area contributed by atoms with Crippen LogP contribution in [0.4, 0.5) is 5.69 Å². The van der Waals surface area contributed by atoms with Crippen LogP contribution in [0, 0.1) is 6.92 Å². The summed E-state index contributed by atoms with van der Waals surface area (Å²) in [6.07, 6.45) is 0.765. The summed E-state index contributed by atoms with van der Waals surface area (Å²) in [4.78, 5) is 25.3. The van der Waals surface area contributed by atoms with Crippen LogP contribution in [0.2, 0.25) is 5.02 Å². The fourth-order valence-corrected chi connectivity index (χ4v) is 2.10. The molecule has 0 saturated heterocycles. The maximum absolute atomic E-state index is 12.0. The van der Waals surface area contributed by atoms with Gasteiger partial charge in [-0.25, -0.2) is 0 Å². The van der Waals surface area contributed by atoms with Gasteiger partial charge in [0.15, 0.2) is 0 Å². The fraction of sp³-hybridized carbons (Fsp3) is 0.500. The number of halogens is 1. The Kier molecular flexibility index (Phi) is 8.61. The van der Waals surface area contributed by atoms with Gasteiger partial charge in [0, 0.05) is 31.0 Å². The van der Waals surface area contributed by atoms with Crippen LogP contribution in [-0.4, -0.2) is 57.1 Å². The van der Waals surface area contributed by atoms with E-state index in [2.05, 4.69) is 10.6 Å². The van der Waals surface area contributed by atoms with Crippen LogP contribution in [0.15, 0.2) is 18.2 Å². The summed E-state index contributed by atoms with van der Waals surface area (Å²) in [5, 5.41) is 6.14. The van der Waals surface area contributed by atoms with Crippen molar-refractivity contribution in [3.63, 3.8) is 0 Å². The summed E-state index contributed by atoms with van der Waals surface area (Å²) in [6, 6.07) is 5.34. The lowest BCUT2D eigenvalue weighted by atomic mass is 10.2. The zero-order chi connectivity index (χ0) is 17.2. The van der Waals surface area contributed by atoms with Gasteiger partial charge in [-0.3, -0.25) is 14.5 Å². The Balaban J connectivity index is 2.32. The van der Waals surface area contributed by atoms with Crippen LogP contribution in [0.25, 0.3) is 0 Å². The highest BCUT2D eigenvalue weighted by atomic mass is 35.5. The van der Waals surface area contributed by atoms with Gasteiger partial charge in [0.05, 0.1) is 13.1 Å². The summed E-state index contributed by atoms with van der Waals surface area (Å²) >= 11 is 6.02. The third-order valence-corrected chi connectivity index (χ3v) is 3.54. The van der Waals surface area contributed by atoms with Crippen LogP contribution < -0.4 is 10.6 Å². The monoisotopic (exact) mass is 341 g/mol. The number of methoxy groups -OCH3 is 1. The number of ether oxygens (including phenoxy) is 1. The molecule has 0 aliphatic rings. The smallest absolute Gasteiger partial charge is 0.238 e. The second-order valence-corrected chi connectivity index (χ2v) is 5.79. The van der Waals surface area contributed by atoms with Crippen LogP contribution >= 0.6 is 11.6 Å². The van der Waals surface area contributed by atoms with Crippen LogP contribution in [0.3, 0.4) is 0 Å². The van der Waals surface area contributed by atoms with Gasteiger partial charge < -0.3 is 15.4 Å². The van der Waals surface area contributed by atoms with Gasteiger partial charge in [0.25, 0.3) is 0 Å². The molecule has 0 heterocycles. The van der Waals surface area contributed by atoms with Gasteiger partial charge in [0.2, 0.25) is 11.8 Å². The summed E-state index contributed by atoms with van der Waals surface area (Å²) in [6.45, 7) is 3.35. The quantitative estimate of drug-likeness (QED) is 0.670. The van der Waals surface area contributed by atoms with E-state index in [0.29, 0.717) is 23.9 Å².